The van der Waals surface area contributed by atoms with Crippen molar-refractivity contribution < 1.29 is 95.6 Å². The van der Waals surface area contributed by atoms with Crippen molar-refractivity contribution >= 4 is 6.35 Å². The Morgan fingerprint density at radius 2 is 0.875 bits per heavy atom. The van der Waals surface area contributed by atoms with Crippen molar-refractivity contribution in [3.05, 3.63) is 0 Å². The molecule has 0 bridgehead atoms. The fourth-order valence-electron chi connectivity index (χ4n) is 0.958. The first-order chi connectivity index (χ1) is 6.31. The van der Waals surface area contributed by atoms with E-state index in [1.54, 1.807) is 0 Å². The molecular weight excluding hydrogens is 285 g/mol. The van der Waals surface area contributed by atoms with Gasteiger partial charge in [-0.25, -0.2) is 39.5 Å². The van der Waals surface area contributed by atoms with Crippen LogP contribution in [0.2, 0.25) is 0 Å². The third-order valence-corrected chi connectivity index (χ3v) is 1.74. The van der Waals surface area contributed by atoms with Crippen LogP contribution in [-0.2, 0) is 4.65 Å². The quantitative estimate of drug-likeness (QED) is 0.483. The molecule has 0 aliphatic carbocycles. The molecule has 1 nitrogen and oxygen atoms in total. The van der Waals surface area contributed by atoms with Gasteiger partial charge in [0.05, 0.1) is 0 Å². The molecule has 0 aliphatic heterocycles. The Labute approximate surface area is 126 Å². The van der Waals surface area contributed by atoms with E-state index in [9.17, 15) is 39.5 Å². The van der Waals surface area contributed by atoms with Gasteiger partial charge >= 0.3 is 57.7 Å². The van der Waals surface area contributed by atoms with Crippen LogP contribution in [-0.4, -0.2) is 31.7 Å². The molecule has 0 N–H and O–H groups in total. The molecule has 16 heavy (non-hydrogen) atoms. The van der Waals surface area contributed by atoms with E-state index in [0.29, 0.717) is 0 Å². The molecule has 0 aromatic heterocycles. The van der Waals surface area contributed by atoms with Crippen LogP contribution in [0, 0.1) is 0 Å². The predicted molar refractivity (Wildman–Crippen MR) is 30.9 cm³/mol. The SMILES string of the molecule is CO[B-](C(F)(F)F)(C(F)(F)F)C(F)(F)F.[K+]. The summed E-state index contributed by atoms with van der Waals surface area (Å²) < 4.78 is 109. The topological polar surface area (TPSA) is 9.23 Å². The Balaban J connectivity index is 0. The van der Waals surface area contributed by atoms with E-state index in [1.165, 1.54) is 0 Å². The number of alkyl halides is 9. The first-order valence-corrected chi connectivity index (χ1v) is 3.21. The van der Waals surface area contributed by atoms with Gasteiger partial charge in [0.2, 0.25) is 0 Å². The molecule has 0 spiro atoms. The average molecular weight is 288 g/mol. The van der Waals surface area contributed by atoms with Gasteiger partial charge in [-0.3, -0.25) is 0 Å². The van der Waals surface area contributed by atoms with E-state index in [0.717, 1.165) is 0 Å². The maximum atomic E-state index is 11.8. The van der Waals surface area contributed by atoms with Gasteiger partial charge in [0, 0.05) is 0 Å². The minimum absolute atomic E-state index is 0. The summed E-state index contributed by atoms with van der Waals surface area (Å²) in [7, 11) is -0.283. The second-order valence-electron chi connectivity index (χ2n) is 2.65. The van der Waals surface area contributed by atoms with Crippen molar-refractivity contribution in [2.75, 3.05) is 7.11 Å². The van der Waals surface area contributed by atoms with Crippen LogP contribution in [0.4, 0.5) is 39.5 Å². The largest absolute Gasteiger partial charge is 1.00 e. The van der Waals surface area contributed by atoms with Gasteiger partial charge in [0.25, 0.3) is 18.2 Å². The van der Waals surface area contributed by atoms with Crippen LogP contribution in [0.3, 0.4) is 0 Å². The van der Waals surface area contributed by atoms with E-state index in [4.69, 9.17) is 0 Å². The second-order valence-corrected chi connectivity index (χ2v) is 2.65. The number of hydrogen-bond donors (Lipinski definition) is 0. The molecule has 0 aromatic rings. The Morgan fingerprint density at radius 3 is 0.875 bits per heavy atom. The number of hydrogen-bond acceptors (Lipinski definition) is 1. The molecule has 0 aliphatic rings. The zero-order chi connectivity index (χ0) is 12.7. The molecular formula is C4H3BF9KO. The third-order valence-electron chi connectivity index (χ3n) is 1.74. The molecule has 0 saturated carbocycles. The van der Waals surface area contributed by atoms with Gasteiger partial charge in [0.15, 0.2) is 0 Å². The Bertz CT molecular complexity index is 193. The molecule has 0 unspecified atom stereocenters. The fraction of sp³-hybridized carbons (Fsp3) is 1.00. The summed E-state index contributed by atoms with van der Waals surface area (Å²) >= 11 is 0. The van der Waals surface area contributed by atoms with Crippen molar-refractivity contribution in [3.8, 4) is 0 Å². The van der Waals surface area contributed by atoms with E-state index >= 15 is 0 Å². The molecule has 0 rings (SSSR count). The molecule has 0 aromatic carbocycles. The van der Waals surface area contributed by atoms with Gasteiger partial charge in [-0.05, 0) is 7.11 Å². The summed E-state index contributed by atoms with van der Waals surface area (Å²) in [5.41, 5.74) is 0. The van der Waals surface area contributed by atoms with Crippen LogP contribution < -0.4 is 51.4 Å². The zero-order valence-corrected chi connectivity index (χ0v) is 11.0. The molecule has 0 heterocycles. The number of rotatable bonds is 1. The minimum atomic E-state index is -6.92. The summed E-state index contributed by atoms with van der Waals surface area (Å²) in [4.78, 5) is 0. The van der Waals surface area contributed by atoms with Crippen molar-refractivity contribution in [3.63, 3.8) is 0 Å². The van der Waals surface area contributed by atoms with Gasteiger partial charge < -0.3 is 4.65 Å². The first-order valence-electron chi connectivity index (χ1n) is 3.21. The molecule has 0 fully saturated rings. The maximum absolute atomic E-state index is 11.8. The van der Waals surface area contributed by atoms with E-state index in [1.807, 2.05) is 0 Å². The van der Waals surface area contributed by atoms with Gasteiger partial charge in [0.1, 0.15) is 0 Å². The zero-order valence-electron chi connectivity index (χ0n) is 7.89. The fourth-order valence-corrected chi connectivity index (χ4v) is 0.958. The van der Waals surface area contributed by atoms with Crippen molar-refractivity contribution in [2.45, 2.75) is 18.2 Å². The smallest absolute Gasteiger partial charge is 0.574 e. The normalized spacial score (nSPS) is 14.6. The summed E-state index contributed by atoms with van der Waals surface area (Å²) in [6, 6.07) is 0. The third kappa shape index (κ3) is 3.07. The van der Waals surface area contributed by atoms with Crippen LogP contribution in [0.15, 0.2) is 0 Å². The van der Waals surface area contributed by atoms with Gasteiger partial charge in [-0.2, -0.15) is 0 Å². The predicted octanol–water partition coefficient (Wildman–Crippen LogP) is -0.113. The summed E-state index contributed by atoms with van der Waals surface area (Å²) in [6.45, 7) is 0. The van der Waals surface area contributed by atoms with Gasteiger partial charge in [-0.15, -0.1) is 0 Å². The minimum Gasteiger partial charge on any atom is -0.574 e. The second kappa shape index (κ2) is 5.35. The monoisotopic (exact) mass is 288 g/mol. The molecule has 12 heteroatoms. The standard InChI is InChI=1S/C4H3BF9O.K/c1-15-5(2(6,7)8,3(9,10)11)4(12,13)14;/h1H3;/q-1;+1. The molecule has 0 amide bonds. The summed E-state index contributed by atoms with van der Waals surface area (Å²) in [5, 5.41) is 0. The number of halogens is 9. The van der Waals surface area contributed by atoms with Crippen molar-refractivity contribution in [1.29, 1.82) is 0 Å². The van der Waals surface area contributed by atoms with Crippen LogP contribution in [0.25, 0.3) is 0 Å². The summed E-state index contributed by atoms with van der Waals surface area (Å²) in [6.07, 6.45) is -26.7. The van der Waals surface area contributed by atoms with E-state index in [2.05, 4.69) is 4.65 Å². The molecule has 0 saturated heterocycles. The van der Waals surface area contributed by atoms with Gasteiger partial charge in [-0.1, -0.05) is 0 Å². The summed E-state index contributed by atoms with van der Waals surface area (Å²) in [5.74, 6) is 0. The van der Waals surface area contributed by atoms with Crippen molar-refractivity contribution in [2.24, 2.45) is 0 Å². The Morgan fingerprint density at radius 1 is 0.688 bits per heavy atom. The maximum Gasteiger partial charge on any atom is 1.00 e. The van der Waals surface area contributed by atoms with E-state index < -0.39 is 24.6 Å². The molecule has 0 atom stereocenters. The van der Waals surface area contributed by atoms with Crippen molar-refractivity contribution in [1.82, 2.24) is 0 Å². The average Bonchev–Trinajstić information content (AvgIpc) is 1.76. The Kier molecular flexibility index (Phi) is 6.47. The van der Waals surface area contributed by atoms with Crippen LogP contribution >= 0.6 is 0 Å². The molecule has 0 radical (unpaired) electrons. The first kappa shape index (κ1) is 19.4. The molecule has 92 valence electrons. The Hall–Kier alpha value is 1.03. The van der Waals surface area contributed by atoms with Crippen LogP contribution in [0.1, 0.15) is 0 Å². The van der Waals surface area contributed by atoms with Crippen LogP contribution in [0.5, 0.6) is 0 Å². The van der Waals surface area contributed by atoms with E-state index in [-0.39, 0.29) is 58.5 Å².